The van der Waals surface area contributed by atoms with Crippen LogP contribution in [0.25, 0.3) is 0 Å². The zero-order valence-corrected chi connectivity index (χ0v) is 20.0. The van der Waals surface area contributed by atoms with Gasteiger partial charge in [0.1, 0.15) is 6.04 Å². The topological polar surface area (TPSA) is 66.5 Å². The molecule has 0 spiro atoms. The van der Waals surface area contributed by atoms with Gasteiger partial charge in [-0.15, -0.1) is 11.6 Å². The fraction of sp³-hybridized carbons (Fsp3) is 0.458. The number of likely N-dealkylation sites (tertiary alicyclic amines) is 1. The molecule has 1 unspecified atom stereocenters. The first-order valence-corrected chi connectivity index (χ1v) is 12.7. The van der Waals surface area contributed by atoms with Crippen molar-refractivity contribution in [3.63, 3.8) is 0 Å². The number of alkyl halides is 1. The fourth-order valence-electron chi connectivity index (χ4n) is 3.59. The predicted molar refractivity (Wildman–Crippen MR) is 128 cm³/mol. The number of rotatable bonds is 10. The maximum absolute atomic E-state index is 13.3. The molecule has 1 amide bonds. The van der Waals surface area contributed by atoms with E-state index in [2.05, 4.69) is 18.2 Å². The maximum Gasteiger partial charge on any atom is 0.240 e. The van der Waals surface area contributed by atoms with E-state index in [4.69, 9.17) is 11.6 Å². The summed E-state index contributed by atoms with van der Waals surface area (Å²) in [6.45, 7) is 8.77. The number of sulfonamides is 1. The third-order valence-corrected chi connectivity index (χ3v) is 7.76. The molecule has 0 aromatic heterocycles. The average Bonchev–Trinajstić information content (AvgIpc) is 2.76. The Morgan fingerprint density at radius 3 is 2.52 bits per heavy atom. The van der Waals surface area contributed by atoms with Crippen molar-refractivity contribution in [1.29, 1.82) is 0 Å². The van der Waals surface area contributed by atoms with Crippen molar-refractivity contribution in [2.24, 2.45) is 5.92 Å². The van der Waals surface area contributed by atoms with Crippen LogP contribution in [-0.4, -0.2) is 44.2 Å². The number of amides is 1. The Labute approximate surface area is 191 Å². The highest BCUT2D eigenvalue weighted by Crippen LogP contribution is 2.20. The van der Waals surface area contributed by atoms with Crippen molar-refractivity contribution < 1.29 is 13.2 Å². The Bertz CT molecular complexity index is 902. The molecule has 0 aliphatic carbocycles. The average molecular weight is 465 g/mol. The SMILES string of the molecule is C=C/C=C\C(C)=C(/CCl)S(=O)(=O)NC(CCc1ccccc1)C(=O)N1CCC(C)CC1. The molecule has 2 rings (SSSR count). The summed E-state index contributed by atoms with van der Waals surface area (Å²) in [5.74, 6) is 0.233. The van der Waals surface area contributed by atoms with Gasteiger partial charge < -0.3 is 4.90 Å². The van der Waals surface area contributed by atoms with Gasteiger partial charge in [-0.3, -0.25) is 4.79 Å². The van der Waals surface area contributed by atoms with E-state index >= 15 is 0 Å². The minimum atomic E-state index is -3.94. The highest BCUT2D eigenvalue weighted by atomic mass is 35.5. The van der Waals surface area contributed by atoms with E-state index in [9.17, 15) is 13.2 Å². The largest absolute Gasteiger partial charge is 0.341 e. The number of hydrogen-bond donors (Lipinski definition) is 1. The second-order valence-corrected chi connectivity index (χ2v) is 10.0. The first-order chi connectivity index (χ1) is 14.8. The summed E-state index contributed by atoms with van der Waals surface area (Å²) in [5, 5.41) is 0. The normalized spacial score (nSPS) is 17.5. The van der Waals surface area contributed by atoms with Crippen LogP contribution in [0, 0.1) is 5.92 Å². The van der Waals surface area contributed by atoms with Crippen LogP contribution in [0.3, 0.4) is 0 Å². The van der Waals surface area contributed by atoms with Gasteiger partial charge in [-0.25, -0.2) is 8.42 Å². The Morgan fingerprint density at radius 2 is 1.94 bits per heavy atom. The molecule has 1 saturated heterocycles. The number of nitrogens with one attached hydrogen (secondary N) is 1. The number of hydrogen-bond acceptors (Lipinski definition) is 3. The molecule has 1 aromatic rings. The van der Waals surface area contributed by atoms with Crippen LogP contribution in [0.15, 0.2) is 65.6 Å². The first kappa shape index (κ1) is 25.4. The van der Waals surface area contributed by atoms with E-state index in [1.807, 2.05) is 30.3 Å². The summed E-state index contributed by atoms with van der Waals surface area (Å²) in [6.07, 6.45) is 7.72. The molecule has 0 radical (unpaired) electrons. The number of carbonyl (C=O) groups excluding carboxylic acids is 1. The quantitative estimate of drug-likeness (QED) is 0.411. The van der Waals surface area contributed by atoms with Crippen LogP contribution in [-0.2, 0) is 21.2 Å². The molecule has 170 valence electrons. The maximum atomic E-state index is 13.3. The number of piperidine rings is 1. The van der Waals surface area contributed by atoms with Crippen LogP contribution >= 0.6 is 11.6 Å². The Hall–Kier alpha value is -1.89. The van der Waals surface area contributed by atoms with Gasteiger partial charge in [0.25, 0.3) is 0 Å². The molecule has 1 fully saturated rings. The van der Waals surface area contributed by atoms with Crippen LogP contribution < -0.4 is 4.72 Å². The van der Waals surface area contributed by atoms with Gasteiger partial charge in [0, 0.05) is 13.1 Å². The van der Waals surface area contributed by atoms with Crippen molar-refractivity contribution in [1.82, 2.24) is 9.62 Å². The van der Waals surface area contributed by atoms with Crippen molar-refractivity contribution in [2.45, 2.75) is 45.6 Å². The lowest BCUT2D eigenvalue weighted by atomic mass is 9.98. The van der Waals surface area contributed by atoms with Gasteiger partial charge in [0.2, 0.25) is 15.9 Å². The highest BCUT2D eigenvalue weighted by molar-refractivity contribution is 7.93. The van der Waals surface area contributed by atoms with Gasteiger partial charge in [-0.05, 0) is 49.7 Å². The molecule has 1 aromatic carbocycles. The predicted octanol–water partition coefficient (Wildman–Crippen LogP) is 4.42. The van der Waals surface area contributed by atoms with Gasteiger partial charge >= 0.3 is 0 Å². The van der Waals surface area contributed by atoms with E-state index in [0.29, 0.717) is 37.4 Å². The number of carbonyl (C=O) groups is 1. The number of halogens is 1. The fourth-order valence-corrected chi connectivity index (χ4v) is 5.60. The molecule has 0 bridgehead atoms. The van der Waals surface area contributed by atoms with Crippen molar-refractivity contribution in [3.8, 4) is 0 Å². The monoisotopic (exact) mass is 464 g/mol. The number of nitrogens with zero attached hydrogens (tertiary/aromatic N) is 1. The molecule has 31 heavy (non-hydrogen) atoms. The van der Waals surface area contributed by atoms with E-state index in [0.717, 1.165) is 18.4 Å². The summed E-state index contributed by atoms with van der Waals surface area (Å²) in [4.78, 5) is 15.1. The van der Waals surface area contributed by atoms with Crippen LogP contribution in [0.5, 0.6) is 0 Å². The smallest absolute Gasteiger partial charge is 0.240 e. The second-order valence-electron chi connectivity index (χ2n) is 8.04. The number of benzene rings is 1. The summed E-state index contributed by atoms with van der Waals surface area (Å²) in [5.41, 5.74) is 1.58. The van der Waals surface area contributed by atoms with Gasteiger partial charge in [-0.1, -0.05) is 62.1 Å². The molecule has 1 heterocycles. The van der Waals surface area contributed by atoms with E-state index < -0.39 is 16.1 Å². The summed E-state index contributed by atoms with van der Waals surface area (Å²) < 4.78 is 28.9. The van der Waals surface area contributed by atoms with Crippen molar-refractivity contribution in [2.75, 3.05) is 19.0 Å². The molecule has 1 atom stereocenters. The van der Waals surface area contributed by atoms with Crippen molar-refractivity contribution in [3.05, 3.63) is 71.2 Å². The van der Waals surface area contributed by atoms with Crippen LogP contribution in [0.2, 0.25) is 0 Å². The van der Waals surface area contributed by atoms with Gasteiger partial charge in [0.05, 0.1) is 10.8 Å². The van der Waals surface area contributed by atoms with E-state index in [1.165, 1.54) is 0 Å². The standard InChI is InChI=1S/C24H33ClN2O3S/c1-4-5-9-20(3)23(18-25)31(29,30)26-22(13-12-21-10-7-6-8-11-21)24(28)27-16-14-19(2)15-17-27/h4-11,19,22,26H,1,12-18H2,2-3H3/b9-5-,23-20+. The second kappa shape index (κ2) is 12.2. The lowest BCUT2D eigenvalue weighted by Crippen LogP contribution is -2.51. The molecule has 1 aliphatic rings. The molecule has 0 saturated carbocycles. The van der Waals surface area contributed by atoms with Crippen LogP contribution in [0.1, 0.15) is 38.7 Å². The Balaban J connectivity index is 2.26. The Morgan fingerprint density at radius 1 is 1.29 bits per heavy atom. The van der Waals surface area contributed by atoms with E-state index in [-0.39, 0.29) is 16.7 Å². The zero-order valence-electron chi connectivity index (χ0n) is 18.4. The molecular weight excluding hydrogens is 432 g/mol. The molecule has 1 aliphatic heterocycles. The summed E-state index contributed by atoms with van der Waals surface area (Å²) in [7, 11) is -3.94. The molecular formula is C24H33ClN2O3S. The molecule has 5 nitrogen and oxygen atoms in total. The third-order valence-electron chi connectivity index (χ3n) is 5.62. The Kier molecular flexibility index (Phi) is 10.0. The minimum Gasteiger partial charge on any atom is -0.341 e. The van der Waals surface area contributed by atoms with Gasteiger partial charge in [-0.2, -0.15) is 4.72 Å². The van der Waals surface area contributed by atoms with E-state index in [1.54, 1.807) is 30.1 Å². The highest BCUT2D eigenvalue weighted by Gasteiger charge is 2.31. The minimum absolute atomic E-state index is 0.0667. The van der Waals surface area contributed by atoms with Gasteiger partial charge in [0.15, 0.2) is 0 Å². The number of allylic oxidation sites excluding steroid dienone is 5. The third kappa shape index (κ3) is 7.63. The molecule has 1 N–H and O–H groups in total. The first-order valence-electron chi connectivity index (χ1n) is 10.7. The zero-order chi connectivity index (χ0) is 22.9. The summed E-state index contributed by atoms with van der Waals surface area (Å²) >= 11 is 5.99. The van der Waals surface area contributed by atoms with Crippen molar-refractivity contribution >= 4 is 27.5 Å². The molecule has 7 heteroatoms. The number of aryl methyl sites for hydroxylation is 1. The van der Waals surface area contributed by atoms with Crippen LogP contribution in [0.4, 0.5) is 0 Å². The lowest BCUT2D eigenvalue weighted by Gasteiger charge is -2.33. The lowest BCUT2D eigenvalue weighted by molar-refractivity contribution is -0.134. The summed E-state index contributed by atoms with van der Waals surface area (Å²) in [6, 6.07) is 8.92.